The number of pyridine rings is 1. The highest BCUT2D eigenvalue weighted by atomic mass is 35.5. The second-order valence-electron chi connectivity index (χ2n) is 13.5. The Balaban J connectivity index is 1.20. The number of likely N-dealkylation sites (tertiary alicyclic amines) is 1. The summed E-state index contributed by atoms with van der Waals surface area (Å²) >= 11 is 6.16. The van der Waals surface area contributed by atoms with Gasteiger partial charge in [-0.1, -0.05) is 24.1 Å². The van der Waals surface area contributed by atoms with Crippen molar-refractivity contribution in [3.63, 3.8) is 0 Å². The SMILES string of the molecule is O=C(Cn1c2c(c(=O)n3nc(C4=CCOCC4)nc13)[C@]1(CC2)CCN(C(=O)c2ncccc2O)[C@H]2CCC[C@H]21)Nc1ccc(C(F)(F)F)cc1Cl. The van der Waals surface area contributed by atoms with Crippen LogP contribution in [0.1, 0.15) is 71.7 Å². The smallest absolute Gasteiger partial charge is 0.416 e. The van der Waals surface area contributed by atoms with Gasteiger partial charge in [-0.15, -0.1) is 5.10 Å². The van der Waals surface area contributed by atoms with Crippen molar-refractivity contribution in [3.05, 3.63) is 86.3 Å². The molecule has 0 unspecified atom stereocenters. The quantitative estimate of drug-likeness (QED) is 0.293. The number of carbonyl (C=O) groups is 2. The first-order valence-electron chi connectivity index (χ1n) is 16.9. The van der Waals surface area contributed by atoms with E-state index in [1.165, 1.54) is 16.8 Å². The normalized spacial score (nSPS) is 23.0. The van der Waals surface area contributed by atoms with Crippen LogP contribution < -0.4 is 10.9 Å². The van der Waals surface area contributed by atoms with Crippen LogP contribution in [-0.4, -0.2) is 71.8 Å². The average Bonchev–Trinajstić information content (AvgIpc) is 3.87. The van der Waals surface area contributed by atoms with E-state index >= 15 is 0 Å². The highest BCUT2D eigenvalue weighted by Gasteiger charge is 2.57. The number of amides is 2. The fourth-order valence-corrected chi connectivity index (χ4v) is 8.91. The molecule has 1 spiro atoms. The molecule has 2 amide bonds. The molecule has 51 heavy (non-hydrogen) atoms. The van der Waals surface area contributed by atoms with Gasteiger partial charge in [0.15, 0.2) is 11.5 Å². The van der Waals surface area contributed by atoms with Crippen LogP contribution in [0.5, 0.6) is 5.75 Å². The maximum atomic E-state index is 14.6. The largest absolute Gasteiger partial charge is 0.505 e. The molecule has 16 heteroatoms. The third kappa shape index (κ3) is 5.57. The number of alkyl halides is 3. The molecule has 2 aliphatic carbocycles. The number of hydrogen-bond acceptors (Lipinski definition) is 8. The molecule has 1 saturated heterocycles. The number of ether oxygens (including phenoxy) is 1. The molecule has 0 bridgehead atoms. The Morgan fingerprint density at radius 2 is 2.00 bits per heavy atom. The lowest BCUT2D eigenvalue weighted by molar-refractivity contribution is -0.137. The van der Waals surface area contributed by atoms with E-state index in [0.29, 0.717) is 62.5 Å². The summed E-state index contributed by atoms with van der Waals surface area (Å²) in [5, 5.41) is 17.4. The molecule has 1 saturated carbocycles. The van der Waals surface area contributed by atoms with Crippen molar-refractivity contribution in [2.75, 3.05) is 25.1 Å². The number of benzene rings is 1. The molecule has 5 heterocycles. The van der Waals surface area contributed by atoms with E-state index in [-0.39, 0.29) is 57.9 Å². The number of anilines is 1. The lowest BCUT2D eigenvalue weighted by Gasteiger charge is -2.49. The average molecular weight is 724 g/mol. The number of aromatic nitrogens is 5. The molecule has 2 N–H and O–H groups in total. The van der Waals surface area contributed by atoms with Crippen molar-refractivity contribution in [1.29, 1.82) is 0 Å². The molecule has 4 aliphatic rings. The van der Waals surface area contributed by atoms with Crippen molar-refractivity contribution >= 4 is 40.5 Å². The summed E-state index contributed by atoms with van der Waals surface area (Å²) in [6.07, 6.45) is 3.20. The summed E-state index contributed by atoms with van der Waals surface area (Å²) in [6, 6.07) is 5.51. The zero-order valence-corrected chi connectivity index (χ0v) is 28.0. The maximum absolute atomic E-state index is 14.6. The van der Waals surface area contributed by atoms with Gasteiger partial charge in [0.1, 0.15) is 12.3 Å². The number of hydrogen-bond donors (Lipinski definition) is 2. The van der Waals surface area contributed by atoms with E-state index in [1.54, 1.807) is 15.5 Å². The molecule has 4 aromatic rings. The first-order valence-corrected chi connectivity index (χ1v) is 17.3. The summed E-state index contributed by atoms with van der Waals surface area (Å²) in [7, 11) is 0. The first kappa shape index (κ1) is 33.4. The fourth-order valence-electron chi connectivity index (χ4n) is 8.68. The van der Waals surface area contributed by atoms with E-state index < -0.39 is 23.1 Å². The summed E-state index contributed by atoms with van der Waals surface area (Å²) in [5.74, 6) is -0.659. The zero-order valence-electron chi connectivity index (χ0n) is 27.2. The number of carbonyl (C=O) groups excluding carboxylic acids is 2. The molecule has 0 radical (unpaired) electrons. The van der Waals surface area contributed by atoms with Crippen LogP contribution in [0.3, 0.4) is 0 Å². The Kier molecular flexibility index (Phi) is 8.17. The van der Waals surface area contributed by atoms with Crippen molar-refractivity contribution in [2.24, 2.45) is 5.92 Å². The van der Waals surface area contributed by atoms with Gasteiger partial charge in [-0.05, 0) is 80.3 Å². The standard InChI is InChI=1S/C35H33ClF3N7O5/c36-22-17-20(35(37,38)39)6-7-23(22)41-27(48)18-45-25-8-11-34(28(25)31(49)46-33(45)42-30(43-46)19-9-15-51-16-10-19)12-14-44(24-4-1-3-21(24)34)32(50)29-26(47)5-2-13-40-29/h2,5-7,9,13,17,21,24,47H,1,3-4,8,10-12,14-16,18H2,(H,41,48)/t21-,24+,34-/m1/s1. The topological polar surface area (TPSA) is 144 Å². The number of nitrogens with zero attached hydrogens (tertiary/aromatic N) is 6. The van der Waals surface area contributed by atoms with Crippen LogP contribution in [0.25, 0.3) is 11.4 Å². The highest BCUT2D eigenvalue weighted by molar-refractivity contribution is 6.33. The molecule has 2 fully saturated rings. The minimum Gasteiger partial charge on any atom is -0.505 e. The van der Waals surface area contributed by atoms with Crippen LogP contribution in [0, 0.1) is 5.92 Å². The van der Waals surface area contributed by atoms with Gasteiger partial charge in [0.25, 0.3) is 11.5 Å². The van der Waals surface area contributed by atoms with Gasteiger partial charge in [0.2, 0.25) is 11.7 Å². The second kappa shape index (κ2) is 12.5. The van der Waals surface area contributed by atoms with E-state index in [2.05, 4.69) is 15.4 Å². The number of aromatic hydroxyl groups is 1. The van der Waals surface area contributed by atoms with Crippen LogP contribution in [0.4, 0.5) is 18.9 Å². The van der Waals surface area contributed by atoms with E-state index in [9.17, 15) is 32.7 Å². The van der Waals surface area contributed by atoms with Crippen molar-refractivity contribution in [3.8, 4) is 5.75 Å². The van der Waals surface area contributed by atoms with Gasteiger partial charge in [-0.3, -0.25) is 14.4 Å². The van der Waals surface area contributed by atoms with E-state index in [1.807, 2.05) is 6.08 Å². The van der Waals surface area contributed by atoms with Crippen LogP contribution in [0.15, 0.2) is 47.4 Å². The highest BCUT2D eigenvalue weighted by Crippen LogP contribution is 2.55. The number of halogens is 4. The molecule has 8 rings (SSSR count). The Morgan fingerprint density at radius 1 is 1.16 bits per heavy atom. The zero-order chi connectivity index (χ0) is 35.7. The Labute approximate surface area is 293 Å². The fraction of sp³-hybridized carbons (Fsp3) is 0.429. The van der Waals surface area contributed by atoms with Crippen LogP contribution in [-0.2, 0) is 34.1 Å². The minimum absolute atomic E-state index is 0.00768. The van der Waals surface area contributed by atoms with Gasteiger partial charge >= 0.3 is 6.18 Å². The Bertz CT molecular complexity index is 2180. The Hall–Kier alpha value is -4.76. The second-order valence-corrected chi connectivity index (χ2v) is 13.9. The van der Waals surface area contributed by atoms with Gasteiger partial charge in [0.05, 0.1) is 29.5 Å². The summed E-state index contributed by atoms with van der Waals surface area (Å²) < 4.78 is 48.1. The van der Waals surface area contributed by atoms with Crippen molar-refractivity contribution < 1.29 is 32.6 Å². The first-order chi connectivity index (χ1) is 24.5. The number of piperidine rings is 1. The molecule has 3 atom stereocenters. The monoisotopic (exact) mass is 723 g/mol. The lowest BCUT2D eigenvalue weighted by Crippen LogP contribution is -2.56. The molecule has 266 valence electrons. The van der Waals surface area contributed by atoms with Crippen molar-refractivity contribution in [2.45, 2.75) is 69.1 Å². The maximum Gasteiger partial charge on any atom is 0.416 e. The van der Waals surface area contributed by atoms with Gasteiger partial charge in [-0.2, -0.15) is 22.7 Å². The molecular formula is C35H33ClF3N7O5. The van der Waals surface area contributed by atoms with Crippen LogP contribution in [0.2, 0.25) is 5.02 Å². The summed E-state index contributed by atoms with van der Waals surface area (Å²) in [4.78, 5) is 52.6. The Morgan fingerprint density at radius 3 is 2.75 bits per heavy atom. The third-order valence-corrected chi connectivity index (χ3v) is 11.2. The van der Waals surface area contributed by atoms with Gasteiger partial charge in [0, 0.05) is 35.5 Å². The predicted molar refractivity (Wildman–Crippen MR) is 178 cm³/mol. The summed E-state index contributed by atoms with van der Waals surface area (Å²) in [5.41, 5.74) is 0.150. The summed E-state index contributed by atoms with van der Waals surface area (Å²) in [6.45, 7) is 0.877. The van der Waals surface area contributed by atoms with Crippen molar-refractivity contribution in [1.82, 2.24) is 29.0 Å². The third-order valence-electron chi connectivity index (χ3n) is 10.9. The molecule has 2 aliphatic heterocycles. The predicted octanol–water partition coefficient (Wildman–Crippen LogP) is 5.01. The number of fused-ring (bicyclic) bond motifs is 5. The molecule has 1 aromatic carbocycles. The molecule has 3 aromatic heterocycles. The van der Waals surface area contributed by atoms with Gasteiger partial charge < -0.3 is 24.6 Å². The van der Waals surface area contributed by atoms with E-state index in [4.69, 9.17) is 21.3 Å². The lowest BCUT2D eigenvalue weighted by atomic mass is 9.64. The van der Waals surface area contributed by atoms with Crippen LogP contribution >= 0.6 is 11.6 Å². The van der Waals surface area contributed by atoms with E-state index in [0.717, 1.165) is 43.0 Å². The van der Waals surface area contributed by atoms with Gasteiger partial charge in [-0.25, -0.2) is 4.98 Å². The minimum atomic E-state index is -4.60. The number of rotatable bonds is 5. The molecule has 12 nitrogen and oxygen atoms in total. The number of nitrogens with one attached hydrogen (secondary N) is 1. The molecular weight excluding hydrogens is 691 g/mol.